The lowest BCUT2D eigenvalue weighted by atomic mass is 9.90. The molecule has 0 aliphatic carbocycles. The van der Waals surface area contributed by atoms with Gasteiger partial charge < -0.3 is 14.8 Å². The largest absolute Gasteiger partial charge is 0.497 e. The fraction of sp³-hybridized carbons (Fsp3) is 0.500. The van der Waals surface area contributed by atoms with Crippen molar-refractivity contribution < 1.29 is 14.3 Å². The van der Waals surface area contributed by atoms with Gasteiger partial charge in [0.1, 0.15) is 11.5 Å². The van der Waals surface area contributed by atoms with E-state index in [-0.39, 0.29) is 11.7 Å². The van der Waals surface area contributed by atoms with Crippen molar-refractivity contribution in [2.24, 2.45) is 5.92 Å². The lowest BCUT2D eigenvalue weighted by Crippen LogP contribution is -2.34. The van der Waals surface area contributed by atoms with Crippen molar-refractivity contribution in [1.29, 1.82) is 0 Å². The van der Waals surface area contributed by atoms with Gasteiger partial charge in [0.15, 0.2) is 5.78 Å². The minimum atomic E-state index is 0.0565. The molecule has 0 bridgehead atoms. The standard InChI is InChI=1S/C14H19NO3/c1-17-11-5-6-12(13(8-11)18-2)14(16)10-4-3-7-15-9-10/h5-6,8,10,15H,3-4,7,9H2,1-2H3/t10-/m0/s1. The number of ketones is 1. The van der Waals surface area contributed by atoms with Crippen molar-refractivity contribution in [1.82, 2.24) is 5.32 Å². The minimum absolute atomic E-state index is 0.0565. The molecule has 98 valence electrons. The van der Waals surface area contributed by atoms with E-state index in [0.29, 0.717) is 17.1 Å². The van der Waals surface area contributed by atoms with Gasteiger partial charge in [-0.15, -0.1) is 0 Å². The number of carbonyl (C=O) groups excluding carboxylic acids is 1. The quantitative estimate of drug-likeness (QED) is 0.828. The number of methoxy groups -OCH3 is 2. The van der Waals surface area contributed by atoms with Crippen molar-refractivity contribution in [2.75, 3.05) is 27.3 Å². The number of rotatable bonds is 4. The Bertz CT molecular complexity index is 425. The normalized spacial score (nSPS) is 19.3. The van der Waals surface area contributed by atoms with Crippen LogP contribution in [0.3, 0.4) is 0 Å². The van der Waals surface area contributed by atoms with Gasteiger partial charge >= 0.3 is 0 Å². The summed E-state index contributed by atoms with van der Waals surface area (Å²) in [5.41, 5.74) is 0.645. The summed E-state index contributed by atoms with van der Waals surface area (Å²) in [7, 11) is 3.17. The zero-order valence-electron chi connectivity index (χ0n) is 10.9. The molecule has 1 aromatic rings. The predicted molar refractivity (Wildman–Crippen MR) is 69.5 cm³/mol. The molecule has 1 saturated heterocycles. The maximum absolute atomic E-state index is 12.4. The molecule has 0 spiro atoms. The molecule has 4 nitrogen and oxygen atoms in total. The Morgan fingerprint density at radius 2 is 2.17 bits per heavy atom. The van der Waals surface area contributed by atoms with E-state index < -0.39 is 0 Å². The molecule has 18 heavy (non-hydrogen) atoms. The maximum atomic E-state index is 12.4. The van der Waals surface area contributed by atoms with E-state index in [0.717, 1.165) is 25.9 Å². The van der Waals surface area contributed by atoms with Crippen molar-refractivity contribution in [2.45, 2.75) is 12.8 Å². The summed E-state index contributed by atoms with van der Waals surface area (Å²) < 4.78 is 10.4. The lowest BCUT2D eigenvalue weighted by Gasteiger charge is -2.22. The Morgan fingerprint density at radius 3 is 2.78 bits per heavy atom. The molecular weight excluding hydrogens is 230 g/mol. The first-order valence-corrected chi connectivity index (χ1v) is 6.23. The molecule has 1 heterocycles. The number of Topliss-reactive ketones (excluding diaryl/α,β-unsaturated/α-hetero) is 1. The van der Waals surface area contributed by atoms with Gasteiger partial charge in [-0.2, -0.15) is 0 Å². The molecule has 0 saturated carbocycles. The zero-order chi connectivity index (χ0) is 13.0. The average Bonchev–Trinajstić information content (AvgIpc) is 2.46. The highest BCUT2D eigenvalue weighted by Gasteiger charge is 2.24. The number of hydrogen-bond donors (Lipinski definition) is 1. The van der Waals surface area contributed by atoms with Gasteiger partial charge in [0.05, 0.1) is 19.8 Å². The average molecular weight is 249 g/mol. The lowest BCUT2D eigenvalue weighted by molar-refractivity contribution is 0.0896. The first kappa shape index (κ1) is 12.9. The molecule has 0 aromatic heterocycles. The van der Waals surface area contributed by atoms with Gasteiger partial charge in [-0.1, -0.05) is 0 Å². The van der Waals surface area contributed by atoms with Crippen LogP contribution in [0.25, 0.3) is 0 Å². The molecule has 1 aliphatic rings. The monoisotopic (exact) mass is 249 g/mol. The van der Waals surface area contributed by atoms with Gasteiger partial charge in [0.2, 0.25) is 0 Å². The second kappa shape index (κ2) is 5.87. The van der Waals surface area contributed by atoms with E-state index in [1.54, 1.807) is 32.4 Å². The van der Waals surface area contributed by atoms with Crippen LogP contribution in [0.15, 0.2) is 18.2 Å². The fourth-order valence-electron chi connectivity index (χ4n) is 2.30. The highest BCUT2D eigenvalue weighted by molar-refractivity contribution is 6.00. The van der Waals surface area contributed by atoms with Crippen molar-refractivity contribution in [3.63, 3.8) is 0 Å². The fourth-order valence-corrected chi connectivity index (χ4v) is 2.30. The number of hydrogen-bond acceptors (Lipinski definition) is 4. The van der Waals surface area contributed by atoms with Crippen LogP contribution in [0.1, 0.15) is 23.2 Å². The maximum Gasteiger partial charge on any atom is 0.170 e. The predicted octanol–water partition coefficient (Wildman–Crippen LogP) is 1.89. The van der Waals surface area contributed by atoms with Gasteiger partial charge in [-0.3, -0.25) is 4.79 Å². The zero-order valence-corrected chi connectivity index (χ0v) is 10.9. The number of ether oxygens (including phenoxy) is 2. The van der Waals surface area contributed by atoms with Crippen LogP contribution in [0.2, 0.25) is 0 Å². The molecule has 0 unspecified atom stereocenters. The van der Waals surface area contributed by atoms with Crippen molar-refractivity contribution in [3.8, 4) is 11.5 Å². The highest BCUT2D eigenvalue weighted by atomic mass is 16.5. The molecule has 0 radical (unpaired) electrons. The SMILES string of the molecule is COc1ccc(C(=O)[C@H]2CCCNC2)c(OC)c1. The summed E-state index contributed by atoms with van der Waals surface area (Å²) in [6.07, 6.45) is 2.00. The van der Waals surface area contributed by atoms with E-state index in [9.17, 15) is 4.79 Å². The molecule has 1 aliphatic heterocycles. The number of benzene rings is 1. The van der Waals surface area contributed by atoms with Crippen LogP contribution in [-0.4, -0.2) is 33.1 Å². The molecule has 1 fully saturated rings. The number of piperidine rings is 1. The Balaban J connectivity index is 2.23. The molecule has 2 rings (SSSR count). The summed E-state index contributed by atoms with van der Waals surface area (Å²) >= 11 is 0. The second-order valence-corrected chi connectivity index (χ2v) is 4.47. The summed E-state index contributed by atoms with van der Waals surface area (Å²) in [6.45, 7) is 1.76. The van der Waals surface area contributed by atoms with E-state index in [1.807, 2.05) is 0 Å². The summed E-state index contributed by atoms with van der Waals surface area (Å²) in [5.74, 6) is 1.50. The van der Waals surface area contributed by atoms with Gasteiger partial charge in [0.25, 0.3) is 0 Å². The number of carbonyl (C=O) groups is 1. The molecular formula is C14H19NO3. The van der Waals surface area contributed by atoms with E-state index in [2.05, 4.69) is 5.32 Å². The van der Waals surface area contributed by atoms with Crippen LogP contribution >= 0.6 is 0 Å². The van der Waals surface area contributed by atoms with Crippen molar-refractivity contribution >= 4 is 5.78 Å². The highest BCUT2D eigenvalue weighted by Crippen LogP contribution is 2.28. The second-order valence-electron chi connectivity index (χ2n) is 4.47. The van der Waals surface area contributed by atoms with Crippen LogP contribution in [-0.2, 0) is 0 Å². The van der Waals surface area contributed by atoms with E-state index in [1.165, 1.54) is 0 Å². The number of nitrogens with one attached hydrogen (secondary N) is 1. The Labute approximate surface area is 107 Å². The first-order valence-electron chi connectivity index (χ1n) is 6.23. The Kier molecular flexibility index (Phi) is 4.20. The van der Waals surface area contributed by atoms with E-state index in [4.69, 9.17) is 9.47 Å². The molecule has 0 amide bonds. The van der Waals surface area contributed by atoms with Gasteiger partial charge in [-0.25, -0.2) is 0 Å². The van der Waals surface area contributed by atoms with Gasteiger partial charge in [0, 0.05) is 18.5 Å². The molecule has 4 heteroatoms. The topological polar surface area (TPSA) is 47.6 Å². The minimum Gasteiger partial charge on any atom is -0.497 e. The molecule has 1 N–H and O–H groups in total. The summed E-state index contributed by atoms with van der Waals surface area (Å²) in [4.78, 5) is 12.4. The Morgan fingerprint density at radius 1 is 1.33 bits per heavy atom. The van der Waals surface area contributed by atoms with Crippen LogP contribution in [0.4, 0.5) is 0 Å². The van der Waals surface area contributed by atoms with Crippen LogP contribution < -0.4 is 14.8 Å². The third-order valence-corrected chi connectivity index (χ3v) is 3.34. The first-order chi connectivity index (χ1) is 8.76. The molecule has 1 atom stereocenters. The Hall–Kier alpha value is -1.55. The smallest absolute Gasteiger partial charge is 0.170 e. The van der Waals surface area contributed by atoms with Crippen LogP contribution in [0.5, 0.6) is 11.5 Å². The summed E-state index contributed by atoms with van der Waals surface area (Å²) in [6, 6.07) is 5.34. The van der Waals surface area contributed by atoms with Gasteiger partial charge in [-0.05, 0) is 31.5 Å². The van der Waals surface area contributed by atoms with E-state index >= 15 is 0 Å². The molecule has 1 aromatic carbocycles. The van der Waals surface area contributed by atoms with Crippen molar-refractivity contribution in [3.05, 3.63) is 23.8 Å². The van der Waals surface area contributed by atoms with Crippen LogP contribution in [0, 0.1) is 5.92 Å². The summed E-state index contributed by atoms with van der Waals surface area (Å²) in [5, 5.41) is 3.26. The third kappa shape index (κ3) is 2.64. The third-order valence-electron chi connectivity index (χ3n) is 3.34.